The number of hydrogen-bond acceptors (Lipinski definition) is 0. The van der Waals surface area contributed by atoms with Crippen LogP contribution in [0.3, 0.4) is 0 Å². The van der Waals surface area contributed by atoms with E-state index in [1.807, 2.05) is 0 Å². The van der Waals surface area contributed by atoms with Crippen molar-refractivity contribution in [1.29, 1.82) is 0 Å². The largest absolute Gasteiger partial charge is 0.307 e. The molecule has 0 saturated heterocycles. The van der Waals surface area contributed by atoms with Gasteiger partial charge in [-0.05, 0) is 30.0 Å². The molecule has 2 nitrogen and oxygen atoms in total. The van der Waals surface area contributed by atoms with Gasteiger partial charge in [0, 0.05) is 16.8 Å². The maximum Gasteiger partial charge on any atom is 0.224 e. The van der Waals surface area contributed by atoms with Crippen molar-refractivity contribution in [1.82, 2.24) is 4.40 Å². The van der Waals surface area contributed by atoms with Gasteiger partial charge in [-0.1, -0.05) is 42.5 Å². The quantitative estimate of drug-likeness (QED) is 0.208. The summed E-state index contributed by atoms with van der Waals surface area (Å²) < 4.78 is 4.73. The minimum atomic E-state index is 1.29. The van der Waals surface area contributed by atoms with E-state index >= 15 is 0 Å². The van der Waals surface area contributed by atoms with E-state index in [1.165, 1.54) is 54.6 Å². The van der Waals surface area contributed by atoms with Crippen molar-refractivity contribution in [3.05, 3.63) is 72.4 Å². The van der Waals surface area contributed by atoms with Gasteiger partial charge >= 0.3 is 0 Å². The zero-order valence-electron chi connectivity index (χ0n) is 14.2. The molecule has 0 amide bonds. The van der Waals surface area contributed by atoms with Crippen molar-refractivity contribution < 1.29 is 4.57 Å². The monoisotopic (exact) mass is 321 g/mol. The van der Waals surface area contributed by atoms with Crippen LogP contribution >= 0.6 is 0 Å². The molecule has 0 unspecified atom stereocenters. The number of para-hydroxylation sites is 1. The van der Waals surface area contributed by atoms with Crippen LogP contribution in [0.5, 0.6) is 0 Å². The number of hydrogen-bond donors (Lipinski definition) is 0. The first kappa shape index (κ1) is 13.2. The van der Waals surface area contributed by atoms with E-state index in [4.69, 9.17) is 0 Å². The third-order valence-electron chi connectivity index (χ3n) is 5.66. The van der Waals surface area contributed by atoms with E-state index in [-0.39, 0.29) is 0 Å². The lowest BCUT2D eigenvalue weighted by Gasteiger charge is -2.12. The fourth-order valence-electron chi connectivity index (χ4n) is 4.60. The fourth-order valence-corrected chi connectivity index (χ4v) is 4.60. The van der Waals surface area contributed by atoms with Crippen molar-refractivity contribution in [2.75, 3.05) is 0 Å². The van der Waals surface area contributed by atoms with Gasteiger partial charge in [-0.2, -0.15) is 0 Å². The minimum Gasteiger partial charge on any atom is -0.307 e. The second-order valence-corrected chi connectivity index (χ2v) is 7.02. The number of benzene rings is 3. The topological polar surface area (TPSA) is 8.29 Å². The van der Waals surface area contributed by atoms with Crippen LogP contribution in [0.2, 0.25) is 0 Å². The first-order chi connectivity index (χ1) is 12.3. The smallest absolute Gasteiger partial charge is 0.224 e. The summed E-state index contributed by atoms with van der Waals surface area (Å²) in [4.78, 5) is 0. The molecule has 0 N–H and O–H groups in total. The number of aryl methyl sites for hydroxylation is 2. The lowest BCUT2D eigenvalue weighted by atomic mass is 10.00. The Labute approximate surface area is 144 Å². The summed E-state index contributed by atoms with van der Waals surface area (Å²) in [5.41, 5.74) is 6.55. The van der Waals surface area contributed by atoms with E-state index < -0.39 is 0 Å². The average molecular weight is 321 g/mol. The molecule has 3 heterocycles. The molecule has 0 aliphatic rings. The SMILES string of the molecule is Cc1cccc2c1c1c3c(ccc4c5ccccc5n2c43)cc[n+]1C. The number of fused-ring (bicyclic) bond motifs is 6. The van der Waals surface area contributed by atoms with Crippen molar-refractivity contribution in [3.63, 3.8) is 0 Å². The minimum absolute atomic E-state index is 1.29. The third kappa shape index (κ3) is 1.44. The molecule has 0 fully saturated rings. The zero-order chi connectivity index (χ0) is 16.7. The molecule has 0 aliphatic heterocycles. The number of pyridine rings is 2. The van der Waals surface area contributed by atoms with Crippen molar-refractivity contribution in [2.45, 2.75) is 6.92 Å². The Kier molecular flexibility index (Phi) is 2.26. The van der Waals surface area contributed by atoms with Crippen LogP contribution in [-0.2, 0) is 7.05 Å². The van der Waals surface area contributed by atoms with Crippen LogP contribution in [0.1, 0.15) is 5.56 Å². The highest BCUT2D eigenvalue weighted by atomic mass is 14.9. The summed E-state index contributed by atoms with van der Waals surface area (Å²) in [7, 11) is 2.15. The Bertz CT molecular complexity index is 1440. The molecule has 0 aliphatic carbocycles. The van der Waals surface area contributed by atoms with Gasteiger partial charge < -0.3 is 4.40 Å². The van der Waals surface area contributed by atoms with Crippen LogP contribution in [0.15, 0.2) is 66.9 Å². The van der Waals surface area contributed by atoms with Crippen LogP contribution in [0.4, 0.5) is 0 Å². The maximum absolute atomic E-state index is 2.46. The predicted octanol–water partition coefficient (Wildman–Crippen LogP) is 5.12. The Morgan fingerprint density at radius 3 is 2.52 bits per heavy atom. The molecule has 0 spiro atoms. The average Bonchev–Trinajstić information content (AvgIpc) is 2.98. The second kappa shape index (κ2) is 4.28. The van der Waals surface area contributed by atoms with E-state index in [0.717, 1.165) is 0 Å². The van der Waals surface area contributed by atoms with Crippen LogP contribution in [-0.4, -0.2) is 4.40 Å². The fraction of sp³-hybridized carbons (Fsp3) is 0.0870. The molecule has 25 heavy (non-hydrogen) atoms. The summed E-state index contributed by atoms with van der Waals surface area (Å²) in [6.45, 7) is 2.22. The highest BCUT2D eigenvalue weighted by molar-refractivity contribution is 6.27. The normalized spacial score (nSPS) is 12.4. The molecule has 2 heteroatoms. The summed E-state index contributed by atoms with van der Waals surface area (Å²) in [6, 6.07) is 22.2. The molecule has 3 aromatic heterocycles. The van der Waals surface area contributed by atoms with Crippen LogP contribution < -0.4 is 4.57 Å². The zero-order valence-corrected chi connectivity index (χ0v) is 14.2. The number of rotatable bonds is 0. The molecule has 0 bridgehead atoms. The van der Waals surface area contributed by atoms with Crippen molar-refractivity contribution in [3.8, 4) is 0 Å². The molecule has 0 radical (unpaired) electrons. The third-order valence-corrected chi connectivity index (χ3v) is 5.66. The summed E-state index contributed by atoms with van der Waals surface area (Å²) >= 11 is 0. The molecule has 6 aromatic rings. The second-order valence-electron chi connectivity index (χ2n) is 7.02. The van der Waals surface area contributed by atoms with Crippen molar-refractivity contribution >= 4 is 49.0 Å². The van der Waals surface area contributed by atoms with Crippen LogP contribution in [0, 0.1) is 6.92 Å². The number of aromatic nitrogens is 2. The van der Waals surface area contributed by atoms with Crippen LogP contribution in [0.25, 0.3) is 49.0 Å². The Morgan fingerprint density at radius 2 is 1.60 bits per heavy atom. The Hall–Kier alpha value is -3.13. The molecular weight excluding hydrogens is 304 g/mol. The van der Waals surface area contributed by atoms with Gasteiger partial charge in [0.25, 0.3) is 0 Å². The van der Waals surface area contributed by atoms with E-state index in [1.54, 1.807) is 0 Å². The first-order valence-corrected chi connectivity index (χ1v) is 8.70. The van der Waals surface area contributed by atoms with Gasteiger partial charge in [0.05, 0.1) is 27.3 Å². The van der Waals surface area contributed by atoms with Gasteiger partial charge in [0.15, 0.2) is 6.20 Å². The summed E-state index contributed by atoms with van der Waals surface area (Å²) in [5.74, 6) is 0. The van der Waals surface area contributed by atoms with Gasteiger partial charge in [-0.3, -0.25) is 0 Å². The molecule has 0 saturated carbocycles. The molecule has 0 atom stereocenters. The van der Waals surface area contributed by atoms with E-state index in [2.05, 4.69) is 89.8 Å². The van der Waals surface area contributed by atoms with E-state index in [9.17, 15) is 0 Å². The molecular formula is C23H17N2+. The molecule has 6 rings (SSSR count). The maximum atomic E-state index is 2.46. The van der Waals surface area contributed by atoms with Gasteiger partial charge in [-0.15, -0.1) is 0 Å². The molecule has 118 valence electrons. The predicted molar refractivity (Wildman–Crippen MR) is 105 cm³/mol. The van der Waals surface area contributed by atoms with E-state index in [0.29, 0.717) is 0 Å². The Balaban J connectivity index is 2.18. The van der Waals surface area contributed by atoms with Gasteiger partial charge in [0.2, 0.25) is 5.52 Å². The first-order valence-electron chi connectivity index (χ1n) is 8.70. The van der Waals surface area contributed by atoms with Gasteiger partial charge in [0.1, 0.15) is 7.05 Å². The number of nitrogens with zero attached hydrogens (tertiary/aromatic N) is 2. The highest BCUT2D eigenvalue weighted by Crippen LogP contribution is 2.40. The van der Waals surface area contributed by atoms with Crippen molar-refractivity contribution in [2.24, 2.45) is 7.05 Å². The lowest BCUT2D eigenvalue weighted by molar-refractivity contribution is -0.643. The summed E-state index contributed by atoms with van der Waals surface area (Å²) in [5, 5.41) is 6.67. The lowest BCUT2D eigenvalue weighted by Crippen LogP contribution is -2.28. The summed E-state index contributed by atoms with van der Waals surface area (Å²) in [6.07, 6.45) is 2.18. The molecule has 3 aromatic carbocycles. The standard InChI is InChI=1S/C23H17N2/c1-14-6-5-9-19-20(14)23-21-15(12-13-24(23)2)10-11-17-16-7-3-4-8-18(16)25(19)22(17)21/h3-13H,1-2H3/q+1. The Morgan fingerprint density at radius 1 is 0.760 bits per heavy atom. The van der Waals surface area contributed by atoms with Gasteiger partial charge in [-0.25, -0.2) is 4.57 Å². The highest BCUT2D eigenvalue weighted by Gasteiger charge is 2.23.